The van der Waals surface area contributed by atoms with Crippen LogP contribution in [-0.4, -0.2) is 24.5 Å². The van der Waals surface area contributed by atoms with E-state index in [-0.39, 0.29) is 23.6 Å². The number of hydrogen-bond acceptors (Lipinski definition) is 3. The zero-order valence-corrected chi connectivity index (χ0v) is 12.6. The van der Waals surface area contributed by atoms with Crippen molar-refractivity contribution in [3.8, 4) is 17.7 Å². The normalized spacial score (nSPS) is 10.5. The van der Waals surface area contributed by atoms with E-state index in [1.165, 1.54) is 25.4 Å². The van der Waals surface area contributed by atoms with Crippen molar-refractivity contribution in [1.29, 1.82) is 0 Å². The topological polar surface area (TPSA) is 51.2 Å². The molecule has 0 saturated carbocycles. The number of rotatable bonds is 3. The first kappa shape index (κ1) is 17.3. The second kappa shape index (κ2) is 7.51. The zero-order chi connectivity index (χ0) is 17.6. The summed E-state index contributed by atoms with van der Waals surface area (Å²) in [6.45, 7) is -0.0207. The van der Waals surface area contributed by atoms with Gasteiger partial charge in [0.1, 0.15) is 5.56 Å². The average molecular weight is 334 g/mol. The van der Waals surface area contributed by atoms with Crippen LogP contribution in [0.1, 0.15) is 21.5 Å². The van der Waals surface area contributed by atoms with Gasteiger partial charge in [-0.3, -0.25) is 4.79 Å². The van der Waals surface area contributed by atoms with E-state index in [0.717, 1.165) is 12.1 Å². The zero-order valence-electron chi connectivity index (χ0n) is 12.6. The molecule has 0 aliphatic rings. The molecular formula is C17H13F3N2O2. The lowest BCUT2D eigenvalue weighted by atomic mass is 10.1. The highest BCUT2D eigenvalue weighted by molar-refractivity contribution is 5.96. The van der Waals surface area contributed by atoms with Gasteiger partial charge < -0.3 is 10.1 Å². The first-order valence-electron chi connectivity index (χ1n) is 6.85. The fourth-order valence-corrected chi connectivity index (χ4v) is 1.87. The summed E-state index contributed by atoms with van der Waals surface area (Å²) in [4.78, 5) is 15.9. The van der Waals surface area contributed by atoms with E-state index >= 15 is 0 Å². The van der Waals surface area contributed by atoms with Crippen LogP contribution < -0.4 is 10.1 Å². The molecule has 1 heterocycles. The van der Waals surface area contributed by atoms with Crippen LogP contribution in [0.5, 0.6) is 5.88 Å². The van der Waals surface area contributed by atoms with Gasteiger partial charge in [-0.2, -0.15) is 13.2 Å². The van der Waals surface area contributed by atoms with Crippen molar-refractivity contribution in [2.75, 3.05) is 13.7 Å². The van der Waals surface area contributed by atoms with Crippen molar-refractivity contribution < 1.29 is 22.7 Å². The highest BCUT2D eigenvalue weighted by Crippen LogP contribution is 2.29. The first-order chi connectivity index (χ1) is 11.4. The molecule has 1 aromatic heterocycles. The third-order valence-corrected chi connectivity index (χ3v) is 2.97. The molecule has 124 valence electrons. The number of halogens is 3. The number of ether oxygens (including phenoxy) is 1. The lowest BCUT2D eigenvalue weighted by Crippen LogP contribution is -2.24. The molecule has 0 bridgehead atoms. The minimum Gasteiger partial charge on any atom is -0.480 e. The second-order valence-corrected chi connectivity index (χ2v) is 4.62. The Hall–Kier alpha value is -3.01. The van der Waals surface area contributed by atoms with Crippen LogP contribution in [0, 0.1) is 11.8 Å². The average Bonchev–Trinajstić information content (AvgIpc) is 2.58. The number of alkyl halides is 3. The molecule has 24 heavy (non-hydrogen) atoms. The number of nitrogens with zero attached hydrogens (tertiary/aromatic N) is 1. The van der Waals surface area contributed by atoms with Gasteiger partial charge in [0, 0.05) is 11.8 Å². The van der Waals surface area contributed by atoms with Crippen molar-refractivity contribution in [3.05, 3.63) is 59.3 Å². The van der Waals surface area contributed by atoms with Gasteiger partial charge in [0.15, 0.2) is 0 Å². The number of benzene rings is 1. The predicted molar refractivity (Wildman–Crippen MR) is 81.4 cm³/mol. The summed E-state index contributed by atoms with van der Waals surface area (Å²) in [5.74, 6) is 4.94. The monoisotopic (exact) mass is 334 g/mol. The third-order valence-electron chi connectivity index (χ3n) is 2.97. The minimum absolute atomic E-state index is 0.0207. The van der Waals surface area contributed by atoms with Gasteiger partial charge in [-0.1, -0.05) is 17.9 Å². The molecule has 2 rings (SSSR count). The van der Waals surface area contributed by atoms with Crippen LogP contribution >= 0.6 is 0 Å². The molecule has 0 aliphatic carbocycles. The van der Waals surface area contributed by atoms with Gasteiger partial charge in [-0.05, 0) is 30.3 Å². The molecule has 0 aliphatic heterocycles. The quantitative estimate of drug-likeness (QED) is 0.878. The number of amides is 1. The Morgan fingerprint density at radius 1 is 1.29 bits per heavy atom. The fraction of sp³-hybridized carbons (Fsp3) is 0.176. The highest BCUT2D eigenvalue weighted by Gasteiger charge is 2.30. The summed E-state index contributed by atoms with van der Waals surface area (Å²) < 4.78 is 42.8. The Morgan fingerprint density at radius 3 is 2.79 bits per heavy atom. The SMILES string of the molecule is COc1ncccc1C(=O)NCC#Cc1cccc(C(F)(F)F)c1. The van der Waals surface area contributed by atoms with Crippen molar-refractivity contribution in [3.63, 3.8) is 0 Å². The van der Waals surface area contributed by atoms with Crippen molar-refractivity contribution in [2.45, 2.75) is 6.18 Å². The van der Waals surface area contributed by atoms with Gasteiger partial charge in [-0.25, -0.2) is 4.98 Å². The van der Waals surface area contributed by atoms with Gasteiger partial charge in [-0.15, -0.1) is 0 Å². The number of aromatic nitrogens is 1. The van der Waals surface area contributed by atoms with E-state index in [4.69, 9.17) is 4.74 Å². The number of pyridine rings is 1. The third kappa shape index (κ3) is 4.49. The molecule has 0 atom stereocenters. The van der Waals surface area contributed by atoms with Gasteiger partial charge in [0.25, 0.3) is 5.91 Å². The molecule has 0 saturated heterocycles. The van der Waals surface area contributed by atoms with Crippen LogP contribution in [-0.2, 0) is 6.18 Å². The Kier molecular flexibility index (Phi) is 5.42. The number of methoxy groups -OCH3 is 1. The van der Waals surface area contributed by atoms with Crippen LogP contribution in [0.4, 0.5) is 13.2 Å². The maximum absolute atomic E-state index is 12.6. The molecule has 0 fully saturated rings. The number of carbonyl (C=O) groups is 1. The second-order valence-electron chi connectivity index (χ2n) is 4.62. The molecule has 4 nitrogen and oxygen atoms in total. The van der Waals surface area contributed by atoms with E-state index in [1.54, 1.807) is 12.1 Å². The van der Waals surface area contributed by atoms with E-state index in [1.807, 2.05) is 0 Å². The Balaban J connectivity index is 2.00. The summed E-state index contributed by atoms with van der Waals surface area (Å²) in [5.41, 5.74) is -0.294. The summed E-state index contributed by atoms with van der Waals surface area (Å²) in [7, 11) is 1.40. The summed E-state index contributed by atoms with van der Waals surface area (Å²) in [6, 6.07) is 7.81. The maximum atomic E-state index is 12.6. The predicted octanol–water partition coefficient (Wildman–Crippen LogP) is 2.89. The van der Waals surface area contributed by atoms with E-state index < -0.39 is 17.6 Å². The molecule has 0 radical (unpaired) electrons. The minimum atomic E-state index is -4.41. The van der Waals surface area contributed by atoms with E-state index in [9.17, 15) is 18.0 Å². The van der Waals surface area contributed by atoms with Gasteiger partial charge in [0.2, 0.25) is 5.88 Å². The van der Waals surface area contributed by atoms with Crippen molar-refractivity contribution in [2.24, 2.45) is 0 Å². The van der Waals surface area contributed by atoms with E-state index in [0.29, 0.717) is 0 Å². The first-order valence-corrected chi connectivity index (χ1v) is 6.85. The molecule has 1 aromatic carbocycles. The van der Waals surface area contributed by atoms with Gasteiger partial charge >= 0.3 is 6.18 Å². The smallest absolute Gasteiger partial charge is 0.416 e. The van der Waals surface area contributed by atoms with E-state index in [2.05, 4.69) is 22.1 Å². The fourth-order valence-electron chi connectivity index (χ4n) is 1.87. The summed E-state index contributed by atoms with van der Waals surface area (Å²) >= 11 is 0. The largest absolute Gasteiger partial charge is 0.480 e. The van der Waals surface area contributed by atoms with Crippen LogP contribution in [0.2, 0.25) is 0 Å². The van der Waals surface area contributed by atoms with Crippen molar-refractivity contribution in [1.82, 2.24) is 10.3 Å². The highest BCUT2D eigenvalue weighted by atomic mass is 19.4. The molecular weight excluding hydrogens is 321 g/mol. The van der Waals surface area contributed by atoms with Crippen LogP contribution in [0.15, 0.2) is 42.6 Å². The number of carbonyl (C=O) groups excluding carboxylic acids is 1. The molecule has 1 N–H and O–H groups in total. The molecule has 0 unspecified atom stereocenters. The van der Waals surface area contributed by atoms with Crippen molar-refractivity contribution >= 4 is 5.91 Å². The maximum Gasteiger partial charge on any atom is 0.416 e. The lowest BCUT2D eigenvalue weighted by Gasteiger charge is -2.06. The van der Waals surface area contributed by atoms with Crippen LogP contribution in [0.3, 0.4) is 0 Å². The Bertz CT molecular complexity index is 792. The van der Waals surface area contributed by atoms with Gasteiger partial charge in [0.05, 0.1) is 19.2 Å². The molecule has 1 amide bonds. The number of hydrogen-bond donors (Lipinski definition) is 1. The lowest BCUT2D eigenvalue weighted by molar-refractivity contribution is -0.137. The Labute approximate surface area is 136 Å². The molecule has 7 heteroatoms. The molecule has 2 aromatic rings. The van der Waals surface area contributed by atoms with Crippen LogP contribution in [0.25, 0.3) is 0 Å². The Morgan fingerprint density at radius 2 is 2.08 bits per heavy atom. The number of nitrogens with one attached hydrogen (secondary N) is 1. The summed E-state index contributed by atoms with van der Waals surface area (Å²) in [5, 5.41) is 2.53. The molecule has 0 spiro atoms. The summed E-state index contributed by atoms with van der Waals surface area (Å²) in [6.07, 6.45) is -2.92. The standard InChI is InChI=1S/C17H13F3N2O2/c1-24-16-14(8-4-10-22-16)15(23)21-9-3-6-12-5-2-7-13(11-12)17(18,19)20/h2,4-5,7-8,10-11H,9H2,1H3,(H,21,23).